The van der Waals surface area contributed by atoms with E-state index in [9.17, 15) is 4.79 Å². The van der Waals surface area contributed by atoms with E-state index in [1.165, 1.54) is 13.0 Å². The zero-order valence-corrected chi connectivity index (χ0v) is 8.99. The molecule has 4 nitrogen and oxygen atoms in total. The molecule has 82 valence electrons. The summed E-state index contributed by atoms with van der Waals surface area (Å²) < 4.78 is 0. The third-order valence-electron chi connectivity index (χ3n) is 2.72. The van der Waals surface area contributed by atoms with Gasteiger partial charge in [-0.05, 0) is 39.4 Å². The van der Waals surface area contributed by atoms with Crippen molar-refractivity contribution < 1.29 is 9.90 Å². The van der Waals surface area contributed by atoms with Crippen molar-refractivity contribution in [2.45, 2.75) is 25.8 Å². The molecule has 1 fully saturated rings. The highest BCUT2D eigenvalue weighted by Gasteiger charge is 2.19. The highest BCUT2D eigenvalue weighted by Crippen LogP contribution is 2.13. The van der Waals surface area contributed by atoms with Gasteiger partial charge in [0.2, 0.25) is 0 Å². The number of carboxylic acids is 1. The zero-order valence-electron chi connectivity index (χ0n) is 8.99. The van der Waals surface area contributed by atoms with E-state index in [1.54, 1.807) is 0 Å². The second-order valence-corrected chi connectivity index (χ2v) is 4.32. The van der Waals surface area contributed by atoms with Crippen molar-refractivity contribution in [3.05, 3.63) is 0 Å². The lowest BCUT2D eigenvalue weighted by Crippen LogP contribution is -2.33. The van der Waals surface area contributed by atoms with Crippen LogP contribution in [-0.2, 0) is 4.79 Å². The van der Waals surface area contributed by atoms with E-state index in [0.29, 0.717) is 5.92 Å². The summed E-state index contributed by atoms with van der Waals surface area (Å²) in [5, 5.41) is 11.8. The fourth-order valence-electron chi connectivity index (χ4n) is 1.89. The number of nitrogens with one attached hydrogen (secondary N) is 1. The Morgan fingerprint density at radius 3 is 2.93 bits per heavy atom. The molecule has 1 aliphatic heterocycles. The molecule has 0 aromatic carbocycles. The summed E-state index contributed by atoms with van der Waals surface area (Å²) in [6.07, 6.45) is 1.44. The van der Waals surface area contributed by atoms with Crippen LogP contribution < -0.4 is 5.32 Å². The molecule has 2 atom stereocenters. The summed E-state index contributed by atoms with van der Waals surface area (Å²) >= 11 is 0. The van der Waals surface area contributed by atoms with Gasteiger partial charge in [-0.15, -0.1) is 0 Å². The van der Waals surface area contributed by atoms with E-state index in [4.69, 9.17) is 5.11 Å². The van der Waals surface area contributed by atoms with Gasteiger partial charge in [0, 0.05) is 12.6 Å². The molecule has 0 radical (unpaired) electrons. The van der Waals surface area contributed by atoms with Crippen LogP contribution in [0.25, 0.3) is 0 Å². The first-order valence-corrected chi connectivity index (χ1v) is 5.21. The molecular weight excluding hydrogens is 180 g/mol. The minimum atomic E-state index is -0.728. The standard InChI is InChI=1S/C10H20N2O2/c1-8(5-10(13)14)11-6-9-3-4-12(2)7-9/h8-9,11H,3-7H2,1-2H3,(H,13,14). The van der Waals surface area contributed by atoms with Crippen molar-refractivity contribution in [1.82, 2.24) is 10.2 Å². The number of hydrogen-bond acceptors (Lipinski definition) is 3. The van der Waals surface area contributed by atoms with E-state index in [1.807, 2.05) is 6.92 Å². The minimum absolute atomic E-state index is 0.0819. The highest BCUT2D eigenvalue weighted by molar-refractivity contribution is 5.67. The van der Waals surface area contributed by atoms with E-state index in [-0.39, 0.29) is 12.5 Å². The van der Waals surface area contributed by atoms with E-state index < -0.39 is 5.97 Å². The van der Waals surface area contributed by atoms with Crippen LogP contribution in [0.15, 0.2) is 0 Å². The molecule has 2 unspecified atom stereocenters. The second-order valence-electron chi connectivity index (χ2n) is 4.32. The van der Waals surface area contributed by atoms with Gasteiger partial charge < -0.3 is 15.3 Å². The Morgan fingerprint density at radius 2 is 2.43 bits per heavy atom. The number of likely N-dealkylation sites (tertiary alicyclic amines) is 1. The Balaban J connectivity index is 2.11. The van der Waals surface area contributed by atoms with Crippen LogP contribution >= 0.6 is 0 Å². The molecule has 0 aromatic heterocycles. The molecule has 4 heteroatoms. The van der Waals surface area contributed by atoms with Crippen LogP contribution in [0.3, 0.4) is 0 Å². The summed E-state index contributed by atoms with van der Waals surface area (Å²) in [7, 11) is 2.13. The van der Waals surface area contributed by atoms with Crippen LogP contribution in [0.4, 0.5) is 0 Å². The van der Waals surface area contributed by atoms with Gasteiger partial charge in [0.25, 0.3) is 0 Å². The van der Waals surface area contributed by atoms with Crippen LogP contribution in [0.5, 0.6) is 0 Å². The molecule has 0 aromatic rings. The number of hydrogen-bond donors (Lipinski definition) is 2. The van der Waals surface area contributed by atoms with Crippen LogP contribution in [-0.4, -0.2) is 48.7 Å². The Bertz CT molecular complexity index is 197. The molecule has 14 heavy (non-hydrogen) atoms. The van der Waals surface area contributed by atoms with Crippen LogP contribution in [0.2, 0.25) is 0 Å². The van der Waals surface area contributed by atoms with E-state index in [2.05, 4.69) is 17.3 Å². The molecule has 2 N–H and O–H groups in total. The van der Waals surface area contributed by atoms with Gasteiger partial charge >= 0.3 is 5.97 Å². The number of aliphatic carboxylic acids is 1. The molecule has 1 saturated heterocycles. The van der Waals surface area contributed by atoms with Gasteiger partial charge in [0.15, 0.2) is 0 Å². The first kappa shape index (κ1) is 11.5. The number of carboxylic acid groups (broad SMARTS) is 1. The molecular formula is C10H20N2O2. The van der Waals surface area contributed by atoms with Gasteiger partial charge in [-0.1, -0.05) is 0 Å². The molecule has 0 bridgehead atoms. The average Bonchev–Trinajstić information content (AvgIpc) is 2.47. The lowest BCUT2D eigenvalue weighted by molar-refractivity contribution is -0.137. The molecule has 0 saturated carbocycles. The average molecular weight is 200 g/mol. The van der Waals surface area contributed by atoms with Crippen LogP contribution in [0, 0.1) is 5.92 Å². The minimum Gasteiger partial charge on any atom is -0.481 e. The number of nitrogens with zero attached hydrogens (tertiary/aromatic N) is 1. The lowest BCUT2D eigenvalue weighted by atomic mass is 10.1. The molecule has 0 aliphatic carbocycles. The van der Waals surface area contributed by atoms with E-state index in [0.717, 1.165) is 13.1 Å². The smallest absolute Gasteiger partial charge is 0.304 e. The summed E-state index contributed by atoms with van der Waals surface area (Å²) in [5.74, 6) is -0.0372. The summed E-state index contributed by atoms with van der Waals surface area (Å²) in [6, 6.07) is 0.0819. The topological polar surface area (TPSA) is 52.6 Å². The Hall–Kier alpha value is -0.610. The van der Waals surface area contributed by atoms with Crippen molar-refractivity contribution in [3.63, 3.8) is 0 Å². The molecule has 1 aliphatic rings. The van der Waals surface area contributed by atoms with Gasteiger partial charge in [-0.2, -0.15) is 0 Å². The van der Waals surface area contributed by atoms with Crippen molar-refractivity contribution >= 4 is 5.97 Å². The Morgan fingerprint density at radius 1 is 1.71 bits per heavy atom. The van der Waals surface area contributed by atoms with Crippen molar-refractivity contribution in [1.29, 1.82) is 0 Å². The quantitative estimate of drug-likeness (QED) is 0.674. The van der Waals surface area contributed by atoms with Crippen molar-refractivity contribution in [2.24, 2.45) is 5.92 Å². The van der Waals surface area contributed by atoms with Crippen LogP contribution in [0.1, 0.15) is 19.8 Å². The zero-order chi connectivity index (χ0) is 10.6. The van der Waals surface area contributed by atoms with Gasteiger partial charge in [0.05, 0.1) is 6.42 Å². The fraction of sp³-hybridized carbons (Fsp3) is 0.900. The summed E-state index contributed by atoms with van der Waals surface area (Å²) in [5.41, 5.74) is 0. The SMILES string of the molecule is CC(CC(=O)O)NCC1CCN(C)C1. The lowest BCUT2D eigenvalue weighted by Gasteiger charge is -2.15. The van der Waals surface area contributed by atoms with Crippen molar-refractivity contribution in [2.75, 3.05) is 26.7 Å². The van der Waals surface area contributed by atoms with Crippen molar-refractivity contribution in [3.8, 4) is 0 Å². The molecule has 0 spiro atoms. The second kappa shape index (κ2) is 5.32. The number of carbonyl (C=O) groups is 1. The Kier molecular flexibility index (Phi) is 4.35. The first-order chi connectivity index (χ1) is 6.58. The largest absolute Gasteiger partial charge is 0.481 e. The van der Waals surface area contributed by atoms with Gasteiger partial charge in [-0.3, -0.25) is 4.79 Å². The number of rotatable bonds is 5. The summed E-state index contributed by atoms with van der Waals surface area (Å²) in [4.78, 5) is 12.7. The molecule has 1 rings (SSSR count). The third-order valence-corrected chi connectivity index (χ3v) is 2.72. The fourth-order valence-corrected chi connectivity index (χ4v) is 1.89. The maximum atomic E-state index is 10.4. The maximum Gasteiger partial charge on any atom is 0.304 e. The summed E-state index contributed by atoms with van der Waals surface area (Å²) in [6.45, 7) is 5.16. The highest BCUT2D eigenvalue weighted by atomic mass is 16.4. The van der Waals surface area contributed by atoms with E-state index >= 15 is 0 Å². The Labute approximate surface area is 85.3 Å². The van der Waals surface area contributed by atoms with Gasteiger partial charge in [0.1, 0.15) is 0 Å². The monoisotopic (exact) mass is 200 g/mol. The maximum absolute atomic E-state index is 10.4. The predicted molar refractivity (Wildman–Crippen MR) is 55.3 cm³/mol. The first-order valence-electron chi connectivity index (χ1n) is 5.21. The van der Waals surface area contributed by atoms with Gasteiger partial charge in [-0.25, -0.2) is 0 Å². The predicted octanol–water partition coefficient (Wildman–Crippen LogP) is 0.391. The normalized spacial score (nSPS) is 25.1. The molecule has 0 amide bonds. The molecule has 1 heterocycles. The third kappa shape index (κ3) is 4.07.